The molecule has 8 N–H and O–H groups in total. The highest BCUT2D eigenvalue weighted by Gasteiger charge is 2.48. The highest BCUT2D eigenvalue weighted by Crippen LogP contribution is 2.50. The van der Waals surface area contributed by atoms with Crippen molar-refractivity contribution in [3.8, 4) is 0 Å². The Morgan fingerprint density at radius 3 is 0.861 bits per heavy atom. The highest BCUT2D eigenvalue weighted by molar-refractivity contribution is 7.88. The fourth-order valence-corrected chi connectivity index (χ4v) is 26.3. The Hall–Kier alpha value is -9.84. The van der Waals surface area contributed by atoms with Gasteiger partial charge < -0.3 is 41.2 Å². The molecule has 4 fully saturated rings. The van der Waals surface area contributed by atoms with E-state index in [2.05, 4.69) is 161 Å². The summed E-state index contributed by atoms with van der Waals surface area (Å²) in [5.74, 6) is -3.22. The molecule has 20 rings (SSSR count). The van der Waals surface area contributed by atoms with Gasteiger partial charge in [-0.1, -0.05) is 150 Å². The molecule has 12 heterocycles. The number of para-hydroxylation sites is 4. The SMILES string of the molecule is CCCCN1CC(Nc2cc(F)c([C@@H]3c4[nH]c5ccccc5c4C[C@@H](C)N3CC(F)(F)F)c(F)c2)C1.CCCCN1CC(Nc2cc(F)c([C@@H]3c4[nH]c5ccccc5c4C[C@@H](C)N3S(C)(=O)=O)c(F)c2)C1.CCCCN1CC(Nc2ccc([C@@H]3c4[nH]c5ccccc5c4C[C@@H](C)N3S(C)(=O)=O)cc2)C1.CCCCN1CC(Nc2ccc([C@H]3c4[nH]c5ccccc5c4C[C@@H](C)N3S(C)(=O)=O)cc2)C1. The fraction of sp³-hybridized carbons (Fsp3) is 0.467. The predicted octanol–water partition coefficient (Wildman–Crippen LogP) is 19.6. The van der Waals surface area contributed by atoms with Crippen molar-refractivity contribution in [3.05, 3.63) is 260 Å². The molecule has 0 radical (unpaired) electrons. The highest BCUT2D eigenvalue weighted by atomic mass is 32.2. The number of nitrogens with one attached hydrogen (secondary N) is 8. The molecular weight excluding hydrogens is 1810 g/mol. The first-order valence-corrected chi connectivity index (χ1v) is 54.3. The van der Waals surface area contributed by atoms with Gasteiger partial charge in [0.1, 0.15) is 23.3 Å². The smallest absolute Gasteiger partial charge is 0.380 e. The summed E-state index contributed by atoms with van der Waals surface area (Å²) in [7, 11) is -10.6. The number of H-pyrrole nitrogens is 4. The standard InChI is InChI=1S/C27H31F5N4.C26H32F2N4O2S.2C26H34N4O2S/c1-3-4-9-35-13-18(14-35)33-17-11-21(28)24(22(29)12-17)26-25-20(19-7-5-6-8-23(19)34-25)10-16(2)36(26)15-27(30,31)32;1-4-5-10-31-14-18(15-31)29-17-12-21(27)24(22(28)13-17)26-25-20(11-16(2)32(26)35(3,33)34)19-8-6-7-9-23(19)30-25;2*1-4-5-14-29-16-21(17-29)27-20-12-10-19(11-13-20)26-25-23(15-18(2)30(26)33(3,31)32)22-8-6-7-9-24(22)28-25/h5-8,11-12,16,18,26,33-34H,3-4,9-10,13-15H2,1-2H3;6-9,12-13,16,18,26,29-30H,4-5,10-11,14-15H2,1-3H3;2*6-13,18,21,26-28H,4-5,14-17H2,1-3H3/t2*16-,26-;18-,26+;18-,26-/m1111/s1. The van der Waals surface area contributed by atoms with E-state index in [9.17, 15) is 38.4 Å². The van der Waals surface area contributed by atoms with Crippen molar-refractivity contribution in [1.82, 2.24) is 57.4 Å². The first-order valence-electron chi connectivity index (χ1n) is 48.8. The van der Waals surface area contributed by atoms with E-state index in [4.69, 9.17) is 0 Å². The van der Waals surface area contributed by atoms with Gasteiger partial charge in [-0.2, -0.15) is 26.1 Å². The molecule has 0 unspecified atom stereocenters. The van der Waals surface area contributed by atoms with E-state index >= 15 is 17.6 Å². The Morgan fingerprint density at radius 1 is 0.336 bits per heavy atom. The van der Waals surface area contributed by atoms with Crippen molar-refractivity contribution in [1.29, 1.82) is 0 Å². The number of likely N-dealkylation sites (tertiary alicyclic amines) is 4. The second-order valence-corrected chi connectivity index (χ2v) is 45.1. The van der Waals surface area contributed by atoms with Crippen LogP contribution in [0.3, 0.4) is 0 Å². The average molecular weight is 1940 g/mol. The summed E-state index contributed by atoms with van der Waals surface area (Å²) in [6.45, 7) is 27.0. The van der Waals surface area contributed by atoms with Crippen LogP contribution in [0.15, 0.2) is 170 Å². The number of halogens is 7. The first kappa shape index (κ1) is 98.8. The average Bonchev–Trinajstić information content (AvgIpc) is 1.64. The van der Waals surface area contributed by atoms with Crippen molar-refractivity contribution in [3.63, 3.8) is 0 Å². The molecule has 8 aliphatic heterocycles. The number of rotatable bonds is 28. The first-order chi connectivity index (χ1) is 65.5. The summed E-state index contributed by atoms with van der Waals surface area (Å²) in [6, 6.07) is 50.1. The number of hydrogen-bond acceptors (Lipinski definition) is 15. The quantitative estimate of drug-likeness (QED) is 0.0213. The van der Waals surface area contributed by atoms with E-state index in [0.717, 1.165) is 180 Å². The molecule has 0 saturated carbocycles. The molecule has 4 aromatic heterocycles. The van der Waals surface area contributed by atoms with Gasteiger partial charge in [-0.15, -0.1) is 0 Å². The van der Waals surface area contributed by atoms with Crippen LogP contribution in [0.5, 0.6) is 0 Å². The van der Waals surface area contributed by atoms with Crippen LogP contribution in [0.1, 0.15) is 198 Å². The number of anilines is 4. The number of benzene rings is 8. The van der Waals surface area contributed by atoms with Crippen LogP contribution in [0.25, 0.3) is 43.6 Å². The number of aromatic amines is 4. The lowest BCUT2D eigenvalue weighted by Crippen LogP contribution is -2.54. The van der Waals surface area contributed by atoms with Gasteiger partial charge in [-0.3, -0.25) is 24.5 Å². The molecule has 137 heavy (non-hydrogen) atoms. The Kier molecular flexibility index (Phi) is 29.7. The maximum Gasteiger partial charge on any atom is 0.401 e. The van der Waals surface area contributed by atoms with E-state index in [1.54, 1.807) is 22.5 Å². The molecule has 0 bridgehead atoms. The molecule has 0 spiro atoms. The summed E-state index contributed by atoms with van der Waals surface area (Å²) >= 11 is 0. The maximum atomic E-state index is 15.6. The van der Waals surface area contributed by atoms with Crippen LogP contribution in [0.4, 0.5) is 53.5 Å². The molecule has 8 aliphatic rings. The zero-order valence-electron chi connectivity index (χ0n) is 80.2. The van der Waals surface area contributed by atoms with E-state index in [-0.39, 0.29) is 47.4 Å². The van der Waals surface area contributed by atoms with Crippen molar-refractivity contribution < 1.29 is 56.0 Å². The minimum atomic E-state index is -4.52. The molecule has 8 aromatic carbocycles. The lowest BCUT2D eigenvalue weighted by Gasteiger charge is -2.41. The van der Waals surface area contributed by atoms with Gasteiger partial charge in [0, 0.05) is 177 Å². The maximum absolute atomic E-state index is 15.6. The van der Waals surface area contributed by atoms with Crippen LogP contribution in [-0.2, 0) is 55.8 Å². The van der Waals surface area contributed by atoms with Gasteiger partial charge in [0.15, 0.2) is 0 Å². The molecule has 22 nitrogen and oxygen atoms in total. The van der Waals surface area contributed by atoms with Crippen molar-refractivity contribution in [2.45, 2.75) is 211 Å². The zero-order valence-corrected chi connectivity index (χ0v) is 82.6. The molecule has 4 saturated heterocycles. The molecular formula is C105H131F7N16O6S3. The minimum absolute atomic E-state index is 0.0863. The van der Waals surface area contributed by atoms with Gasteiger partial charge >= 0.3 is 6.18 Å². The number of unbranched alkanes of at least 4 members (excludes halogenated alkanes) is 4. The largest absolute Gasteiger partial charge is 0.401 e. The summed E-state index contributed by atoms with van der Waals surface area (Å²) in [6.07, 6.45) is 10.9. The second-order valence-electron chi connectivity index (χ2n) is 39.4. The van der Waals surface area contributed by atoms with Gasteiger partial charge in [-0.05, 0) is 211 Å². The van der Waals surface area contributed by atoms with Crippen molar-refractivity contribution in [2.75, 3.05) is 125 Å². The molecule has 0 amide bonds. The second kappa shape index (κ2) is 41.1. The third kappa shape index (κ3) is 21.4. The lowest BCUT2D eigenvalue weighted by atomic mass is 9.88. The van der Waals surface area contributed by atoms with E-state index in [0.29, 0.717) is 60.5 Å². The summed E-state index contributed by atoms with van der Waals surface area (Å²) in [5.41, 5.74) is 15.0. The number of nitrogens with zero attached hydrogens (tertiary/aromatic N) is 8. The molecule has 734 valence electrons. The number of alkyl halides is 3. The van der Waals surface area contributed by atoms with Gasteiger partial charge in [0.2, 0.25) is 30.1 Å². The fourth-order valence-electron chi connectivity index (χ4n) is 22.3. The van der Waals surface area contributed by atoms with Crippen LogP contribution in [0, 0.1) is 23.3 Å². The van der Waals surface area contributed by atoms with E-state index in [1.165, 1.54) is 102 Å². The van der Waals surface area contributed by atoms with E-state index < -0.39 is 90.2 Å². The normalized spacial score (nSPS) is 21.9. The minimum Gasteiger partial charge on any atom is -0.380 e. The Morgan fingerprint density at radius 2 is 0.584 bits per heavy atom. The monoisotopic (exact) mass is 1940 g/mol. The van der Waals surface area contributed by atoms with Gasteiger partial charge in [-0.25, -0.2) is 42.8 Å². The lowest BCUT2D eigenvalue weighted by molar-refractivity contribution is -0.155. The Labute approximate surface area is 801 Å². The van der Waals surface area contributed by atoms with Crippen LogP contribution in [-0.4, -0.2) is 241 Å². The van der Waals surface area contributed by atoms with Crippen molar-refractivity contribution >= 4 is 96.4 Å². The van der Waals surface area contributed by atoms with Gasteiger partial charge in [0.05, 0.1) is 73.6 Å². The van der Waals surface area contributed by atoms with E-state index in [1.807, 2.05) is 86.6 Å². The summed E-state index contributed by atoms with van der Waals surface area (Å²) < 4.78 is 185. The van der Waals surface area contributed by atoms with Crippen molar-refractivity contribution in [2.24, 2.45) is 0 Å². The summed E-state index contributed by atoms with van der Waals surface area (Å²) in [4.78, 5) is 24.3. The molecule has 32 heteroatoms. The summed E-state index contributed by atoms with van der Waals surface area (Å²) in [5, 5.41) is 17.8. The number of fused-ring (bicyclic) bond motifs is 12. The number of hydrogen-bond donors (Lipinski definition) is 8. The molecule has 12 aromatic rings. The van der Waals surface area contributed by atoms with Gasteiger partial charge in [0.25, 0.3) is 0 Å². The number of aromatic nitrogens is 4. The third-order valence-electron chi connectivity index (χ3n) is 28.7. The van der Waals surface area contributed by atoms with Crippen LogP contribution >= 0.6 is 0 Å². The Bertz CT molecular complexity index is 6390. The predicted molar refractivity (Wildman–Crippen MR) is 537 cm³/mol. The molecule has 0 aliphatic carbocycles. The third-order valence-corrected chi connectivity index (χ3v) is 32.7. The topological polar surface area (TPSA) is 240 Å². The zero-order chi connectivity index (χ0) is 96.8. The number of sulfonamides is 3. The molecule has 8 atom stereocenters. The van der Waals surface area contributed by atoms with Crippen LogP contribution in [0.2, 0.25) is 0 Å². The Balaban J connectivity index is 0.000000127. The van der Waals surface area contributed by atoms with Crippen LogP contribution < -0.4 is 21.3 Å².